The lowest BCUT2D eigenvalue weighted by molar-refractivity contribution is -0.0661. The number of ether oxygens (including phenoxy) is 2. The summed E-state index contributed by atoms with van der Waals surface area (Å²) in [4.78, 5) is 0. The van der Waals surface area contributed by atoms with E-state index in [-0.39, 0.29) is 5.60 Å². The van der Waals surface area contributed by atoms with Gasteiger partial charge in [0.25, 0.3) is 0 Å². The van der Waals surface area contributed by atoms with Crippen LogP contribution in [0.1, 0.15) is 39.5 Å². The standard InChI is InChI=1S/C12H27NO3/c1-11(2,16-4)7-8-12(14,10-15-3)6-5-9-13/h14H,5-10,13H2,1-4H3. The van der Waals surface area contributed by atoms with E-state index in [1.165, 1.54) is 0 Å². The molecule has 0 radical (unpaired) electrons. The second-order valence-corrected chi connectivity index (χ2v) is 5.01. The molecule has 4 heteroatoms. The van der Waals surface area contributed by atoms with E-state index in [0.29, 0.717) is 26.0 Å². The monoisotopic (exact) mass is 233 g/mol. The Morgan fingerprint density at radius 2 is 1.75 bits per heavy atom. The van der Waals surface area contributed by atoms with Gasteiger partial charge in [-0.15, -0.1) is 0 Å². The van der Waals surface area contributed by atoms with E-state index in [9.17, 15) is 5.11 Å². The molecule has 0 spiro atoms. The SMILES string of the molecule is COCC(O)(CCCN)CCC(C)(C)OC. The molecular formula is C12H27NO3. The van der Waals surface area contributed by atoms with Gasteiger partial charge >= 0.3 is 0 Å². The van der Waals surface area contributed by atoms with E-state index in [4.69, 9.17) is 15.2 Å². The summed E-state index contributed by atoms with van der Waals surface area (Å²) in [5.74, 6) is 0. The molecule has 0 aliphatic rings. The first-order chi connectivity index (χ1) is 7.39. The van der Waals surface area contributed by atoms with Gasteiger partial charge in [-0.1, -0.05) is 0 Å². The van der Waals surface area contributed by atoms with Crippen molar-refractivity contribution in [2.24, 2.45) is 5.73 Å². The Bertz CT molecular complexity index is 185. The lowest BCUT2D eigenvalue weighted by atomic mass is 9.88. The van der Waals surface area contributed by atoms with E-state index < -0.39 is 5.60 Å². The third-order valence-corrected chi connectivity index (χ3v) is 3.00. The van der Waals surface area contributed by atoms with Crippen molar-refractivity contribution in [2.45, 2.75) is 50.7 Å². The van der Waals surface area contributed by atoms with Crippen LogP contribution in [0.2, 0.25) is 0 Å². The maximum atomic E-state index is 10.4. The Morgan fingerprint density at radius 1 is 1.12 bits per heavy atom. The third kappa shape index (κ3) is 6.43. The highest BCUT2D eigenvalue weighted by Crippen LogP contribution is 2.25. The molecule has 0 aromatic carbocycles. The minimum Gasteiger partial charge on any atom is -0.387 e. The first-order valence-electron chi connectivity index (χ1n) is 5.86. The fourth-order valence-electron chi connectivity index (χ4n) is 1.60. The minimum atomic E-state index is -0.774. The molecule has 0 heterocycles. The van der Waals surface area contributed by atoms with Crippen molar-refractivity contribution in [1.82, 2.24) is 0 Å². The zero-order valence-electron chi connectivity index (χ0n) is 11.1. The van der Waals surface area contributed by atoms with Crippen LogP contribution < -0.4 is 5.73 Å². The number of nitrogens with two attached hydrogens (primary N) is 1. The van der Waals surface area contributed by atoms with E-state index in [1.807, 2.05) is 13.8 Å². The quantitative estimate of drug-likeness (QED) is 0.630. The van der Waals surface area contributed by atoms with Crippen LogP contribution in [0.3, 0.4) is 0 Å². The van der Waals surface area contributed by atoms with Gasteiger partial charge in [-0.2, -0.15) is 0 Å². The van der Waals surface area contributed by atoms with E-state index in [2.05, 4.69) is 0 Å². The van der Waals surface area contributed by atoms with E-state index in [1.54, 1.807) is 14.2 Å². The molecule has 0 saturated heterocycles. The highest BCUT2D eigenvalue weighted by atomic mass is 16.5. The fourth-order valence-corrected chi connectivity index (χ4v) is 1.60. The molecule has 16 heavy (non-hydrogen) atoms. The second kappa shape index (κ2) is 7.22. The lowest BCUT2D eigenvalue weighted by Gasteiger charge is -2.31. The number of hydrogen-bond acceptors (Lipinski definition) is 4. The summed E-state index contributed by atoms with van der Waals surface area (Å²) >= 11 is 0. The van der Waals surface area contributed by atoms with Gasteiger partial charge in [-0.05, 0) is 46.1 Å². The normalized spacial score (nSPS) is 16.1. The van der Waals surface area contributed by atoms with Crippen molar-refractivity contribution in [3.63, 3.8) is 0 Å². The van der Waals surface area contributed by atoms with Crippen molar-refractivity contribution in [2.75, 3.05) is 27.4 Å². The molecule has 0 aliphatic carbocycles. The zero-order valence-corrected chi connectivity index (χ0v) is 11.1. The Balaban J connectivity index is 4.20. The maximum absolute atomic E-state index is 10.4. The van der Waals surface area contributed by atoms with E-state index in [0.717, 1.165) is 12.8 Å². The predicted octanol–water partition coefficient (Wildman–Crippen LogP) is 1.31. The van der Waals surface area contributed by atoms with Crippen molar-refractivity contribution in [3.8, 4) is 0 Å². The van der Waals surface area contributed by atoms with Gasteiger partial charge in [0.05, 0.1) is 17.8 Å². The van der Waals surface area contributed by atoms with Crippen molar-refractivity contribution >= 4 is 0 Å². The summed E-state index contributed by atoms with van der Waals surface area (Å²) in [7, 11) is 3.30. The summed E-state index contributed by atoms with van der Waals surface area (Å²) in [6, 6.07) is 0. The van der Waals surface area contributed by atoms with Gasteiger partial charge in [0.1, 0.15) is 0 Å². The van der Waals surface area contributed by atoms with Crippen LogP contribution in [-0.2, 0) is 9.47 Å². The Hall–Kier alpha value is -0.160. The molecule has 3 N–H and O–H groups in total. The van der Waals surface area contributed by atoms with Gasteiger partial charge in [-0.3, -0.25) is 0 Å². The molecule has 0 bridgehead atoms. The van der Waals surface area contributed by atoms with Gasteiger partial charge in [0.15, 0.2) is 0 Å². The van der Waals surface area contributed by atoms with Crippen LogP contribution in [0.15, 0.2) is 0 Å². The fraction of sp³-hybridized carbons (Fsp3) is 1.00. The second-order valence-electron chi connectivity index (χ2n) is 5.01. The minimum absolute atomic E-state index is 0.204. The third-order valence-electron chi connectivity index (χ3n) is 3.00. The average molecular weight is 233 g/mol. The largest absolute Gasteiger partial charge is 0.387 e. The molecule has 98 valence electrons. The number of rotatable bonds is 9. The topological polar surface area (TPSA) is 64.7 Å². The summed E-state index contributed by atoms with van der Waals surface area (Å²) < 4.78 is 10.4. The Morgan fingerprint density at radius 3 is 2.19 bits per heavy atom. The maximum Gasteiger partial charge on any atom is 0.0881 e. The van der Waals surface area contributed by atoms with Crippen molar-refractivity contribution in [3.05, 3.63) is 0 Å². The average Bonchev–Trinajstić information content (AvgIpc) is 2.25. The summed E-state index contributed by atoms with van der Waals surface area (Å²) in [6.07, 6.45) is 2.96. The van der Waals surface area contributed by atoms with Gasteiger partial charge in [0, 0.05) is 14.2 Å². The van der Waals surface area contributed by atoms with Crippen LogP contribution in [0.25, 0.3) is 0 Å². The number of hydrogen-bond donors (Lipinski definition) is 2. The van der Waals surface area contributed by atoms with Gasteiger partial charge in [0.2, 0.25) is 0 Å². The molecule has 1 unspecified atom stereocenters. The molecule has 1 atom stereocenters. The smallest absolute Gasteiger partial charge is 0.0881 e. The van der Waals surface area contributed by atoms with Crippen LogP contribution in [0.5, 0.6) is 0 Å². The van der Waals surface area contributed by atoms with Crippen LogP contribution in [0, 0.1) is 0 Å². The van der Waals surface area contributed by atoms with Crippen molar-refractivity contribution < 1.29 is 14.6 Å². The molecule has 0 rings (SSSR count). The van der Waals surface area contributed by atoms with Crippen LogP contribution in [-0.4, -0.2) is 43.7 Å². The molecule has 0 aromatic heterocycles. The molecular weight excluding hydrogens is 206 g/mol. The molecule has 0 aromatic rings. The Kier molecular flexibility index (Phi) is 7.15. The van der Waals surface area contributed by atoms with Crippen LogP contribution >= 0.6 is 0 Å². The predicted molar refractivity (Wildman–Crippen MR) is 65.4 cm³/mol. The molecule has 0 saturated carbocycles. The van der Waals surface area contributed by atoms with Crippen LogP contribution in [0.4, 0.5) is 0 Å². The number of methoxy groups -OCH3 is 2. The van der Waals surface area contributed by atoms with E-state index >= 15 is 0 Å². The highest BCUT2D eigenvalue weighted by molar-refractivity contribution is 4.82. The first-order valence-corrected chi connectivity index (χ1v) is 5.86. The lowest BCUT2D eigenvalue weighted by Crippen LogP contribution is -2.37. The van der Waals surface area contributed by atoms with Crippen molar-refractivity contribution in [1.29, 1.82) is 0 Å². The number of aliphatic hydroxyl groups is 1. The summed E-state index contributed by atoms with van der Waals surface area (Å²) in [6.45, 7) is 4.98. The molecule has 0 amide bonds. The first kappa shape index (κ1) is 15.8. The molecule has 0 aliphatic heterocycles. The van der Waals surface area contributed by atoms with Gasteiger partial charge in [-0.25, -0.2) is 0 Å². The summed E-state index contributed by atoms with van der Waals surface area (Å²) in [5.41, 5.74) is 4.49. The molecule has 0 fully saturated rings. The highest BCUT2D eigenvalue weighted by Gasteiger charge is 2.29. The zero-order chi connectivity index (χ0) is 12.7. The van der Waals surface area contributed by atoms with Gasteiger partial charge < -0.3 is 20.3 Å². The summed E-state index contributed by atoms with van der Waals surface area (Å²) in [5, 5.41) is 10.4. The molecule has 4 nitrogen and oxygen atoms in total. The Labute approximate surface area is 99.1 Å².